The maximum Gasteiger partial charge on any atom is 0.0903 e. The van der Waals surface area contributed by atoms with Crippen molar-refractivity contribution >= 4 is 0 Å². The molecule has 0 saturated carbocycles. The summed E-state index contributed by atoms with van der Waals surface area (Å²) >= 11 is 0. The van der Waals surface area contributed by atoms with Gasteiger partial charge in [0.15, 0.2) is 0 Å². The Morgan fingerprint density at radius 1 is 1.47 bits per heavy atom. The first kappa shape index (κ1) is 11.3. The van der Waals surface area contributed by atoms with E-state index >= 15 is 0 Å². The molecule has 2 rings (SSSR count). The summed E-state index contributed by atoms with van der Waals surface area (Å²) in [5, 5.41) is 3.39. The van der Waals surface area contributed by atoms with Gasteiger partial charge in [0, 0.05) is 19.6 Å². The Hall–Kier alpha value is -0.160. The van der Waals surface area contributed by atoms with Gasteiger partial charge in [-0.15, -0.1) is 0 Å². The molecule has 2 saturated heterocycles. The van der Waals surface area contributed by atoms with E-state index in [0.29, 0.717) is 0 Å². The maximum absolute atomic E-state index is 5.87. The summed E-state index contributed by atoms with van der Waals surface area (Å²) in [5.41, 5.74) is 0.0421. The third-order valence-electron chi connectivity index (χ3n) is 3.63. The van der Waals surface area contributed by atoms with Crippen LogP contribution in [0.15, 0.2) is 0 Å². The molecular formula is C11H22N2O2. The van der Waals surface area contributed by atoms with E-state index in [1.54, 1.807) is 0 Å². The molecule has 88 valence electrons. The number of likely N-dealkylation sites (N-methyl/N-ethyl adjacent to an activating group) is 1. The lowest BCUT2D eigenvalue weighted by Crippen LogP contribution is -2.65. The molecular weight excluding hydrogens is 192 g/mol. The highest BCUT2D eigenvalue weighted by Gasteiger charge is 2.42. The molecule has 0 aromatic rings. The first-order valence-electron chi connectivity index (χ1n) is 5.92. The molecule has 0 radical (unpaired) electrons. The van der Waals surface area contributed by atoms with Gasteiger partial charge >= 0.3 is 0 Å². The van der Waals surface area contributed by atoms with E-state index in [1.165, 1.54) is 0 Å². The average Bonchev–Trinajstić information content (AvgIpc) is 2.31. The van der Waals surface area contributed by atoms with E-state index in [2.05, 4.69) is 24.1 Å². The molecule has 0 aromatic carbocycles. The van der Waals surface area contributed by atoms with Gasteiger partial charge in [-0.25, -0.2) is 0 Å². The van der Waals surface area contributed by atoms with Crippen molar-refractivity contribution in [2.24, 2.45) is 0 Å². The van der Waals surface area contributed by atoms with Crippen molar-refractivity contribution in [1.82, 2.24) is 10.2 Å². The third-order valence-corrected chi connectivity index (χ3v) is 3.63. The molecule has 2 aliphatic heterocycles. The highest BCUT2D eigenvalue weighted by atomic mass is 16.5. The monoisotopic (exact) mass is 214 g/mol. The molecule has 2 fully saturated rings. The van der Waals surface area contributed by atoms with E-state index in [1.807, 2.05) is 0 Å². The van der Waals surface area contributed by atoms with Gasteiger partial charge in [0.1, 0.15) is 0 Å². The summed E-state index contributed by atoms with van der Waals surface area (Å²) in [6, 6.07) is 0. The van der Waals surface area contributed by atoms with Crippen molar-refractivity contribution in [1.29, 1.82) is 0 Å². The molecule has 15 heavy (non-hydrogen) atoms. The first-order chi connectivity index (χ1) is 7.27. The molecule has 0 amide bonds. The van der Waals surface area contributed by atoms with Crippen LogP contribution < -0.4 is 5.32 Å². The lowest BCUT2D eigenvalue weighted by atomic mass is 9.91. The minimum Gasteiger partial charge on any atom is -0.378 e. The van der Waals surface area contributed by atoms with Gasteiger partial charge in [0.05, 0.1) is 31.5 Å². The molecule has 0 aromatic heterocycles. The van der Waals surface area contributed by atoms with Gasteiger partial charge in [-0.05, 0) is 13.5 Å². The number of nitrogens with zero attached hydrogens (tertiary/aromatic N) is 1. The maximum atomic E-state index is 5.87. The van der Waals surface area contributed by atoms with E-state index in [9.17, 15) is 0 Å². The molecule has 4 nitrogen and oxygen atoms in total. The SMILES string of the molecule is CCN1CCOCC1(C)C1CNCCO1. The number of nitrogens with one attached hydrogen (secondary N) is 1. The Balaban J connectivity index is 2.06. The van der Waals surface area contributed by atoms with Crippen LogP contribution in [-0.4, -0.2) is 62.5 Å². The molecule has 2 unspecified atom stereocenters. The standard InChI is InChI=1S/C11H22N2O2/c1-3-13-5-7-14-9-11(13,2)10-8-12-4-6-15-10/h10,12H,3-9H2,1-2H3. The second kappa shape index (κ2) is 4.78. The third kappa shape index (κ3) is 2.18. The highest BCUT2D eigenvalue weighted by Crippen LogP contribution is 2.26. The van der Waals surface area contributed by atoms with E-state index in [-0.39, 0.29) is 11.6 Å². The fourth-order valence-corrected chi connectivity index (χ4v) is 2.58. The fraction of sp³-hybridized carbons (Fsp3) is 1.00. The Morgan fingerprint density at radius 3 is 3.00 bits per heavy atom. The summed E-state index contributed by atoms with van der Waals surface area (Å²) in [4.78, 5) is 2.48. The Labute approximate surface area is 91.9 Å². The molecule has 1 N–H and O–H groups in total. The van der Waals surface area contributed by atoms with E-state index in [4.69, 9.17) is 9.47 Å². The van der Waals surface area contributed by atoms with Crippen molar-refractivity contribution in [3.63, 3.8) is 0 Å². The second-order valence-electron chi connectivity index (χ2n) is 4.55. The van der Waals surface area contributed by atoms with Crippen LogP contribution in [-0.2, 0) is 9.47 Å². The zero-order chi connectivity index (χ0) is 10.7. The molecule has 0 spiro atoms. The van der Waals surface area contributed by atoms with Gasteiger partial charge in [0.2, 0.25) is 0 Å². The van der Waals surface area contributed by atoms with Crippen molar-refractivity contribution in [3.05, 3.63) is 0 Å². The smallest absolute Gasteiger partial charge is 0.0903 e. The average molecular weight is 214 g/mol. The predicted octanol–water partition coefficient (Wildman–Crippen LogP) is 0.0856. The fourth-order valence-electron chi connectivity index (χ4n) is 2.58. The molecule has 2 aliphatic rings. The molecule has 0 bridgehead atoms. The number of morpholine rings is 2. The molecule has 2 atom stereocenters. The second-order valence-corrected chi connectivity index (χ2v) is 4.55. The summed E-state index contributed by atoms with van der Waals surface area (Å²) in [6.07, 6.45) is 0.256. The molecule has 2 heterocycles. The van der Waals surface area contributed by atoms with Crippen molar-refractivity contribution in [2.45, 2.75) is 25.5 Å². The van der Waals surface area contributed by atoms with Gasteiger partial charge < -0.3 is 14.8 Å². The molecule has 4 heteroatoms. The largest absolute Gasteiger partial charge is 0.378 e. The van der Waals surface area contributed by atoms with Crippen LogP contribution >= 0.6 is 0 Å². The summed E-state index contributed by atoms with van der Waals surface area (Å²) in [5.74, 6) is 0. The van der Waals surface area contributed by atoms with Crippen LogP contribution in [0.1, 0.15) is 13.8 Å². The van der Waals surface area contributed by atoms with Crippen LogP contribution in [0.3, 0.4) is 0 Å². The number of rotatable bonds is 2. The number of hydrogen-bond acceptors (Lipinski definition) is 4. The van der Waals surface area contributed by atoms with Crippen LogP contribution in [0.25, 0.3) is 0 Å². The van der Waals surface area contributed by atoms with Crippen LogP contribution in [0, 0.1) is 0 Å². The molecule has 0 aliphatic carbocycles. The first-order valence-corrected chi connectivity index (χ1v) is 5.92. The van der Waals surface area contributed by atoms with E-state index < -0.39 is 0 Å². The summed E-state index contributed by atoms with van der Waals surface area (Å²) < 4.78 is 11.5. The minimum atomic E-state index is 0.0421. The number of ether oxygens (including phenoxy) is 2. The topological polar surface area (TPSA) is 33.7 Å². The van der Waals surface area contributed by atoms with E-state index in [0.717, 1.165) is 46.0 Å². The Morgan fingerprint density at radius 2 is 2.33 bits per heavy atom. The number of hydrogen-bond donors (Lipinski definition) is 1. The van der Waals surface area contributed by atoms with Crippen LogP contribution in [0.4, 0.5) is 0 Å². The zero-order valence-electron chi connectivity index (χ0n) is 9.79. The van der Waals surface area contributed by atoms with Gasteiger partial charge in [0.25, 0.3) is 0 Å². The lowest BCUT2D eigenvalue weighted by Gasteiger charge is -2.49. The van der Waals surface area contributed by atoms with Gasteiger partial charge in [-0.2, -0.15) is 0 Å². The Kier molecular flexibility index (Phi) is 3.61. The Bertz CT molecular complexity index is 207. The van der Waals surface area contributed by atoms with Crippen molar-refractivity contribution in [3.8, 4) is 0 Å². The zero-order valence-corrected chi connectivity index (χ0v) is 9.79. The lowest BCUT2D eigenvalue weighted by molar-refractivity contribution is -0.140. The highest BCUT2D eigenvalue weighted by molar-refractivity contribution is 4.97. The van der Waals surface area contributed by atoms with Gasteiger partial charge in [-0.1, -0.05) is 6.92 Å². The van der Waals surface area contributed by atoms with Crippen molar-refractivity contribution < 1.29 is 9.47 Å². The minimum absolute atomic E-state index is 0.0421. The normalized spacial score (nSPS) is 39.2. The summed E-state index contributed by atoms with van der Waals surface area (Å²) in [6.45, 7) is 10.9. The quantitative estimate of drug-likeness (QED) is 0.706. The van der Waals surface area contributed by atoms with Gasteiger partial charge in [-0.3, -0.25) is 4.90 Å². The van der Waals surface area contributed by atoms with Crippen molar-refractivity contribution in [2.75, 3.05) is 46.0 Å². The predicted molar refractivity (Wildman–Crippen MR) is 59.1 cm³/mol. The van der Waals surface area contributed by atoms with Crippen LogP contribution in [0.5, 0.6) is 0 Å². The summed E-state index contributed by atoms with van der Waals surface area (Å²) in [7, 11) is 0. The van der Waals surface area contributed by atoms with Crippen LogP contribution in [0.2, 0.25) is 0 Å².